The summed E-state index contributed by atoms with van der Waals surface area (Å²) in [5.74, 6) is 0.627. The molecule has 0 bridgehead atoms. The molecule has 2 atom stereocenters. The second-order valence-electron chi connectivity index (χ2n) is 7.22. The number of pyridine rings is 1. The molecular weight excluding hydrogens is 366 g/mol. The molecule has 7 nitrogen and oxygen atoms in total. The summed E-state index contributed by atoms with van der Waals surface area (Å²) in [4.78, 5) is 29.3. The molecule has 0 aliphatic carbocycles. The van der Waals surface area contributed by atoms with Crippen LogP contribution in [0.5, 0.6) is 0 Å². The number of hydrogen-bond donors (Lipinski definition) is 1. The van der Waals surface area contributed by atoms with Crippen LogP contribution in [0.1, 0.15) is 36.0 Å². The van der Waals surface area contributed by atoms with E-state index in [2.05, 4.69) is 5.10 Å². The zero-order valence-electron chi connectivity index (χ0n) is 15.3. The van der Waals surface area contributed by atoms with E-state index >= 15 is 0 Å². The number of likely N-dealkylation sites (tertiary alicyclic amines) is 2. The van der Waals surface area contributed by atoms with Crippen LogP contribution in [0.2, 0.25) is 0 Å². The lowest BCUT2D eigenvalue weighted by Crippen LogP contribution is -2.57. The number of rotatable bonds is 4. The van der Waals surface area contributed by atoms with E-state index in [4.69, 9.17) is 5.73 Å². The Kier molecular flexibility index (Phi) is 6.01. The molecule has 0 radical (unpaired) electrons. The van der Waals surface area contributed by atoms with Crippen LogP contribution >= 0.6 is 12.4 Å². The fourth-order valence-corrected chi connectivity index (χ4v) is 4.36. The van der Waals surface area contributed by atoms with E-state index in [0.717, 1.165) is 31.3 Å². The van der Waals surface area contributed by atoms with E-state index in [1.165, 1.54) is 0 Å². The Bertz CT molecular complexity index is 823. The van der Waals surface area contributed by atoms with Gasteiger partial charge in [0.1, 0.15) is 0 Å². The highest BCUT2D eigenvalue weighted by atomic mass is 35.5. The summed E-state index contributed by atoms with van der Waals surface area (Å²) >= 11 is 0. The molecule has 0 spiro atoms. The molecule has 2 aromatic heterocycles. The van der Waals surface area contributed by atoms with Gasteiger partial charge in [-0.05, 0) is 43.9 Å². The summed E-state index contributed by atoms with van der Waals surface area (Å²) in [7, 11) is 0. The Balaban J connectivity index is 0.00000210. The van der Waals surface area contributed by atoms with Crippen molar-refractivity contribution in [3.05, 3.63) is 36.2 Å². The van der Waals surface area contributed by atoms with Crippen LogP contribution in [0, 0.1) is 5.92 Å². The summed E-state index contributed by atoms with van der Waals surface area (Å²) in [6, 6.07) is 5.98. The predicted octanol–water partition coefficient (Wildman–Crippen LogP) is 1.56. The lowest BCUT2D eigenvalue weighted by molar-refractivity contribution is -0.140. The number of fused-ring (bicyclic) bond motifs is 2. The summed E-state index contributed by atoms with van der Waals surface area (Å²) in [6.45, 7) is 2.72. The number of aromatic nitrogens is 2. The average Bonchev–Trinajstić information content (AvgIpc) is 3.10. The maximum atomic E-state index is 13.0. The molecule has 4 rings (SSSR count). The highest BCUT2D eigenvalue weighted by Crippen LogP contribution is 2.32. The minimum absolute atomic E-state index is 0. The van der Waals surface area contributed by atoms with E-state index in [1.807, 2.05) is 34.2 Å². The fourth-order valence-electron chi connectivity index (χ4n) is 4.36. The van der Waals surface area contributed by atoms with Gasteiger partial charge in [-0.3, -0.25) is 9.59 Å². The first kappa shape index (κ1) is 19.6. The molecule has 2 aliphatic heterocycles. The number of halogens is 1. The predicted molar refractivity (Wildman–Crippen MR) is 105 cm³/mol. The standard InChI is InChI=1S/C19H25N5O2.ClH/c20-8-3-9-23-16-7-11-22(13-14(16)5-6-18(23)25)19(26)15-12-21-24-10-2-1-4-17(15)24;/h1-2,4,10,12,14,16H,3,5-9,11,13,20H2;1H/t14-,16+;/m0./s1. The number of amides is 2. The number of carbonyl (C=O) groups is 2. The van der Waals surface area contributed by atoms with Gasteiger partial charge in [-0.25, -0.2) is 4.52 Å². The van der Waals surface area contributed by atoms with Crippen molar-refractivity contribution < 1.29 is 9.59 Å². The van der Waals surface area contributed by atoms with Crippen LogP contribution < -0.4 is 5.73 Å². The largest absolute Gasteiger partial charge is 0.339 e. The number of carbonyl (C=O) groups excluding carboxylic acids is 2. The van der Waals surface area contributed by atoms with Gasteiger partial charge in [0.15, 0.2) is 0 Å². The first-order valence-corrected chi connectivity index (χ1v) is 9.40. The van der Waals surface area contributed by atoms with Crippen molar-refractivity contribution >= 4 is 29.7 Å². The molecule has 0 unspecified atom stereocenters. The van der Waals surface area contributed by atoms with E-state index in [0.29, 0.717) is 37.5 Å². The van der Waals surface area contributed by atoms with E-state index in [1.54, 1.807) is 10.7 Å². The van der Waals surface area contributed by atoms with Crippen LogP contribution in [0.15, 0.2) is 30.6 Å². The summed E-state index contributed by atoms with van der Waals surface area (Å²) < 4.78 is 1.73. The number of nitrogens with zero attached hydrogens (tertiary/aromatic N) is 4. The summed E-state index contributed by atoms with van der Waals surface area (Å²) in [6.07, 6.45) is 6.61. The lowest BCUT2D eigenvalue weighted by Gasteiger charge is -2.47. The molecule has 8 heteroatoms. The van der Waals surface area contributed by atoms with E-state index in [9.17, 15) is 9.59 Å². The van der Waals surface area contributed by atoms with Crippen molar-refractivity contribution in [1.82, 2.24) is 19.4 Å². The summed E-state index contributed by atoms with van der Waals surface area (Å²) in [5.41, 5.74) is 7.11. The molecule has 2 aliphatic rings. The zero-order valence-corrected chi connectivity index (χ0v) is 16.1. The van der Waals surface area contributed by atoms with Crippen molar-refractivity contribution in [2.24, 2.45) is 11.7 Å². The van der Waals surface area contributed by atoms with Crippen LogP contribution in [0.25, 0.3) is 5.52 Å². The van der Waals surface area contributed by atoms with Gasteiger partial charge in [0.25, 0.3) is 5.91 Å². The molecular formula is C19H26ClN5O2. The molecule has 0 saturated carbocycles. The lowest BCUT2D eigenvalue weighted by atomic mass is 9.83. The fraction of sp³-hybridized carbons (Fsp3) is 0.526. The van der Waals surface area contributed by atoms with Gasteiger partial charge < -0.3 is 15.5 Å². The van der Waals surface area contributed by atoms with Crippen molar-refractivity contribution in [3.8, 4) is 0 Å². The van der Waals surface area contributed by atoms with Crippen LogP contribution in [-0.2, 0) is 4.79 Å². The molecule has 2 saturated heterocycles. The minimum Gasteiger partial charge on any atom is -0.339 e. The molecule has 4 heterocycles. The second-order valence-corrected chi connectivity index (χ2v) is 7.22. The zero-order chi connectivity index (χ0) is 18.1. The third-order valence-electron chi connectivity index (χ3n) is 5.69. The Morgan fingerprint density at radius 2 is 2.15 bits per heavy atom. The Morgan fingerprint density at radius 1 is 1.30 bits per heavy atom. The maximum Gasteiger partial charge on any atom is 0.257 e. The van der Waals surface area contributed by atoms with Gasteiger partial charge in [-0.2, -0.15) is 5.10 Å². The maximum absolute atomic E-state index is 13.0. The average molecular weight is 392 g/mol. The van der Waals surface area contributed by atoms with Crippen molar-refractivity contribution in [2.75, 3.05) is 26.2 Å². The number of piperidine rings is 2. The quantitative estimate of drug-likeness (QED) is 0.857. The van der Waals surface area contributed by atoms with Gasteiger partial charge in [-0.15, -0.1) is 12.4 Å². The number of nitrogens with two attached hydrogens (primary N) is 1. The smallest absolute Gasteiger partial charge is 0.257 e. The van der Waals surface area contributed by atoms with E-state index < -0.39 is 0 Å². The normalized spacial score (nSPS) is 22.5. The molecule has 2 amide bonds. The molecule has 146 valence electrons. The first-order chi connectivity index (χ1) is 12.7. The van der Waals surface area contributed by atoms with Crippen LogP contribution in [0.4, 0.5) is 0 Å². The van der Waals surface area contributed by atoms with Gasteiger partial charge in [0.05, 0.1) is 17.3 Å². The van der Waals surface area contributed by atoms with Crippen molar-refractivity contribution in [2.45, 2.75) is 31.7 Å². The van der Waals surface area contributed by atoms with Crippen LogP contribution in [0.3, 0.4) is 0 Å². The summed E-state index contributed by atoms with van der Waals surface area (Å²) in [5, 5.41) is 4.28. The molecule has 2 aromatic rings. The van der Waals surface area contributed by atoms with Gasteiger partial charge in [0, 0.05) is 38.3 Å². The second kappa shape index (κ2) is 8.27. The number of hydrogen-bond acceptors (Lipinski definition) is 4. The Labute approximate surface area is 164 Å². The Hall–Kier alpha value is -2.12. The van der Waals surface area contributed by atoms with Crippen LogP contribution in [-0.4, -0.2) is 63.4 Å². The minimum atomic E-state index is 0. The van der Waals surface area contributed by atoms with Gasteiger partial charge in [0.2, 0.25) is 5.91 Å². The molecule has 2 fully saturated rings. The first-order valence-electron chi connectivity index (χ1n) is 9.40. The molecule has 0 aromatic carbocycles. The third-order valence-corrected chi connectivity index (χ3v) is 5.69. The van der Waals surface area contributed by atoms with Crippen molar-refractivity contribution in [3.63, 3.8) is 0 Å². The SMILES string of the molecule is Cl.NCCCN1C(=O)CC[C@H]2CN(C(=O)c3cnn4ccccc34)CC[C@H]21. The highest BCUT2D eigenvalue weighted by molar-refractivity contribution is 6.00. The van der Waals surface area contributed by atoms with Gasteiger partial charge in [-0.1, -0.05) is 6.07 Å². The van der Waals surface area contributed by atoms with Crippen molar-refractivity contribution in [1.29, 1.82) is 0 Å². The molecule has 27 heavy (non-hydrogen) atoms. The molecule has 2 N–H and O–H groups in total. The Morgan fingerprint density at radius 3 is 2.96 bits per heavy atom. The topological polar surface area (TPSA) is 83.9 Å². The monoisotopic (exact) mass is 391 g/mol. The van der Waals surface area contributed by atoms with Gasteiger partial charge >= 0.3 is 0 Å². The highest BCUT2D eigenvalue weighted by Gasteiger charge is 2.40. The third kappa shape index (κ3) is 3.66. The van der Waals surface area contributed by atoms with E-state index in [-0.39, 0.29) is 30.3 Å².